The average molecular weight is 266 g/mol. The minimum Gasteiger partial charge on any atom is -0.299 e. The van der Waals surface area contributed by atoms with Crippen LogP contribution in [0.15, 0.2) is 35.2 Å². The summed E-state index contributed by atoms with van der Waals surface area (Å²) >= 11 is 0. The van der Waals surface area contributed by atoms with Gasteiger partial charge in [-0.2, -0.15) is 0 Å². The van der Waals surface area contributed by atoms with E-state index in [-0.39, 0.29) is 6.29 Å². The number of rotatable bonds is 4. The molecule has 0 aliphatic heterocycles. The molecule has 19 heavy (non-hydrogen) atoms. The minimum absolute atomic E-state index is 0.0446. The molecule has 100 valence electrons. The van der Waals surface area contributed by atoms with E-state index in [2.05, 4.69) is 0 Å². The first-order valence-corrected chi connectivity index (χ1v) is 5.14. The molecule has 0 heterocycles. The molecule has 1 atom stereocenters. The van der Waals surface area contributed by atoms with Crippen molar-refractivity contribution in [1.29, 1.82) is 0 Å². The van der Waals surface area contributed by atoms with Crippen molar-refractivity contribution in [3.05, 3.63) is 55.4 Å². The number of Topliss-reactive ketones (excluding diaryl/α,β-unsaturated/α-hetero) is 1. The number of nitro groups is 2. The van der Waals surface area contributed by atoms with E-state index in [1.54, 1.807) is 0 Å². The van der Waals surface area contributed by atoms with Gasteiger partial charge in [-0.1, -0.05) is 6.08 Å². The molecular weight excluding hydrogens is 256 g/mol. The van der Waals surface area contributed by atoms with Crippen molar-refractivity contribution in [2.45, 2.75) is 13.8 Å². The third-order valence-corrected chi connectivity index (χ3v) is 2.85. The molecule has 0 N–H and O–H groups in total. The Bertz CT molecular complexity index is 572. The highest BCUT2D eigenvalue weighted by Crippen LogP contribution is 2.31. The van der Waals surface area contributed by atoms with E-state index < -0.39 is 38.0 Å². The van der Waals surface area contributed by atoms with Gasteiger partial charge in [0.1, 0.15) is 5.78 Å². The average Bonchev–Trinajstić information content (AvgIpc) is 2.46. The fraction of sp³-hybridized carbons (Fsp3) is 0.273. The normalized spacial score (nSPS) is 22.5. The Labute approximate surface area is 107 Å². The zero-order valence-electron chi connectivity index (χ0n) is 10.2. The Morgan fingerprint density at radius 2 is 1.89 bits per heavy atom. The van der Waals surface area contributed by atoms with Gasteiger partial charge in [0, 0.05) is 12.2 Å². The van der Waals surface area contributed by atoms with E-state index in [0.29, 0.717) is 0 Å². The van der Waals surface area contributed by atoms with Gasteiger partial charge in [-0.15, -0.1) is 0 Å². The summed E-state index contributed by atoms with van der Waals surface area (Å²) < 4.78 is 0. The predicted molar refractivity (Wildman–Crippen MR) is 63.1 cm³/mol. The van der Waals surface area contributed by atoms with Crippen molar-refractivity contribution in [3.63, 3.8) is 0 Å². The van der Waals surface area contributed by atoms with Crippen molar-refractivity contribution < 1.29 is 19.4 Å². The van der Waals surface area contributed by atoms with Crippen LogP contribution in [0.1, 0.15) is 13.8 Å². The zero-order valence-corrected chi connectivity index (χ0v) is 10.2. The highest BCUT2D eigenvalue weighted by Gasteiger charge is 2.36. The Morgan fingerprint density at radius 1 is 1.32 bits per heavy atom. The van der Waals surface area contributed by atoms with E-state index in [4.69, 9.17) is 0 Å². The van der Waals surface area contributed by atoms with Crippen LogP contribution < -0.4 is 0 Å². The lowest BCUT2D eigenvalue weighted by Gasteiger charge is -2.15. The van der Waals surface area contributed by atoms with Crippen molar-refractivity contribution in [2.24, 2.45) is 5.41 Å². The molecule has 8 nitrogen and oxygen atoms in total. The van der Waals surface area contributed by atoms with Gasteiger partial charge in [0.2, 0.25) is 0 Å². The fourth-order valence-electron chi connectivity index (χ4n) is 1.53. The van der Waals surface area contributed by atoms with Crippen LogP contribution in [0.3, 0.4) is 0 Å². The van der Waals surface area contributed by atoms with Gasteiger partial charge in [0.25, 0.3) is 11.4 Å². The second-order valence-electron chi connectivity index (χ2n) is 4.13. The summed E-state index contributed by atoms with van der Waals surface area (Å²) in [5, 5.41) is 21.8. The monoisotopic (exact) mass is 266 g/mol. The summed E-state index contributed by atoms with van der Waals surface area (Å²) in [6.45, 7) is 2.58. The lowest BCUT2D eigenvalue weighted by atomic mass is 9.85. The molecule has 0 aromatic carbocycles. The Balaban J connectivity index is 3.65. The quantitative estimate of drug-likeness (QED) is 0.426. The Morgan fingerprint density at radius 3 is 2.26 bits per heavy atom. The van der Waals surface area contributed by atoms with Crippen molar-refractivity contribution in [2.75, 3.05) is 0 Å². The first-order chi connectivity index (χ1) is 8.73. The summed E-state index contributed by atoms with van der Waals surface area (Å²) in [5.41, 5.74) is -3.47. The molecule has 0 amide bonds. The van der Waals surface area contributed by atoms with Crippen LogP contribution in [0.25, 0.3) is 0 Å². The first-order valence-electron chi connectivity index (χ1n) is 5.14. The molecule has 0 spiro atoms. The fourth-order valence-corrected chi connectivity index (χ4v) is 1.53. The molecular formula is C11H10N2O6. The van der Waals surface area contributed by atoms with Crippen molar-refractivity contribution in [3.8, 4) is 0 Å². The van der Waals surface area contributed by atoms with Crippen molar-refractivity contribution in [1.82, 2.24) is 0 Å². The molecule has 0 radical (unpaired) electrons. The number of hydrogen-bond donors (Lipinski definition) is 0. The van der Waals surface area contributed by atoms with Gasteiger partial charge in [-0.3, -0.25) is 29.8 Å². The van der Waals surface area contributed by atoms with Gasteiger partial charge in [-0.05, 0) is 13.8 Å². The highest BCUT2D eigenvalue weighted by molar-refractivity contribution is 5.88. The lowest BCUT2D eigenvalue weighted by molar-refractivity contribution is -0.432. The number of ketones is 1. The molecule has 0 saturated heterocycles. The minimum atomic E-state index is -1.37. The molecule has 1 rings (SSSR count). The molecule has 1 unspecified atom stereocenters. The standard InChI is InChI=1S/C11H10N2O6/c1-7(15)11(2)4-3-9(12(16)17)8(6-14)10(5-11)13(18)19/h3-6H,1-2H3. The summed E-state index contributed by atoms with van der Waals surface area (Å²) in [6, 6.07) is 0. The van der Waals surface area contributed by atoms with Crippen LogP contribution in [0, 0.1) is 25.6 Å². The van der Waals surface area contributed by atoms with Gasteiger partial charge < -0.3 is 0 Å². The van der Waals surface area contributed by atoms with Crippen LogP contribution >= 0.6 is 0 Å². The second-order valence-corrected chi connectivity index (χ2v) is 4.13. The number of aldehydes is 1. The molecule has 0 saturated carbocycles. The number of carbonyl (C=O) groups excluding carboxylic acids is 2. The molecule has 0 fully saturated rings. The number of allylic oxidation sites excluding steroid dienone is 4. The summed E-state index contributed by atoms with van der Waals surface area (Å²) in [6.07, 6.45) is 3.11. The van der Waals surface area contributed by atoms with Gasteiger partial charge in [0.05, 0.1) is 15.3 Å². The number of carbonyl (C=O) groups is 2. The molecule has 0 aromatic heterocycles. The van der Waals surface area contributed by atoms with E-state index in [1.165, 1.54) is 19.9 Å². The van der Waals surface area contributed by atoms with Gasteiger partial charge >= 0.3 is 0 Å². The number of hydrogen-bond acceptors (Lipinski definition) is 6. The van der Waals surface area contributed by atoms with Gasteiger partial charge in [-0.25, -0.2) is 0 Å². The van der Waals surface area contributed by atoms with E-state index >= 15 is 0 Å². The highest BCUT2D eigenvalue weighted by atomic mass is 16.6. The maximum atomic E-state index is 11.5. The second kappa shape index (κ2) is 4.92. The lowest BCUT2D eigenvalue weighted by Crippen LogP contribution is -2.21. The maximum absolute atomic E-state index is 11.5. The topological polar surface area (TPSA) is 120 Å². The molecule has 0 aromatic rings. The SMILES string of the molecule is CC(=O)C1(C)C=CC([N+](=O)[O-])=C(C=O)C([N+](=O)[O-])=C1. The molecule has 1 aliphatic carbocycles. The molecule has 1 aliphatic rings. The molecule has 0 bridgehead atoms. The third-order valence-electron chi connectivity index (χ3n) is 2.85. The third kappa shape index (κ3) is 2.62. The van der Waals surface area contributed by atoms with E-state index in [9.17, 15) is 29.8 Å². The first kappa shape index (κ1) is 14.4. The summed E-state index contributed by atoms with van der Waals surface area (Å²) in [4.78, 5) is 42.4. The van der Waals surface area contributed by atoms with Crippen LogP contribution in [-0.2, 0) is 9.59 Å². The van der Waals surface area contributed by atoms with E-state index in [0.717, 1.165) is 12.2 Å². The summed E-state index contributed by atoms with van der Waals surface area (Å²) in [7, 11) is 0. The smallest absolute Gasteiger partial charge is 0.286 e. The van der Waals surface area contributed by atoms with Gasteiger partial charge in [0.15, 0.2) is 11.9 Å². The van der Waals surface area contributed by atoms with Crippen LogP contribution in [-0.4, -0.2) is 21.9 Å². The largest absolute Gasteiger partial charge is 0.299 e. The van der Waals surface area contributed by atoms with Crippen LogP contribution in [0.4, 0.5) is 0 Å². The predicted octanol–water partition coefficient (Wildman–Crippen LogP) is 1.04. The van der Waals surface area contributed by atoms with Crippen LogP contribution in [0.2, 0.25) is 0 Å². The Kier molecular flexibility index (Phi) is 3.74. The summed E-state index contributed by atoms with van der Waals surface area (Å²) in [5.74, 6) is -0.432. The maximum Gasteiger partial charge on any atom is 0.286 e. The zero-order chi connectivity index (χ0) is 14.8. The van der Waals surface area contributed by atoms with E-state index in [1.807, 2.05) is 0 Å². The number of nitrogens with zero attached hydrogens (tertiary/aromatic N) is 2. The van der Waals surface area contributed by atoms with Crippen LogP contribution in [0.5, 0.6) is 0 Å². The Hall–Kier alpha value is -2.64. The molecule has 8 heteroatoms. The van der Waals surface area contributed by atoms with Crippen molar-refractivity contribution >= 4 is 12.1 Å².